The van der Waals surface area contributed by atoms with Crippen LogP contribution in [0.25, 0.3) is 10.9 Å². The zero-order chi connectivity index (χ0) is 11.1. The van der Waals surface area contributed by atoms with E-state index in [1.807, 2.05) is 24.3 Å². The van der Waals surface area contributed by atoms with Crippen LogP contribution in [0.4, 0.5) is 0 Å². The van der Waals surface area contributed by atoms with E-state index in [9.17, 15) is 4.79 Å². The Morgan fingerprint density at radius 1 is 1.50 bits per heavy atom. The van der Waals surface area contributed by atoms with Crippen LogP contribution in [-0.4, -0.2) is 20.1 Å². The molecule has 0 aliphatic carbocycles. The Kier molecular flexibility index (Phi) is 2.52. The smallest absolute Gasteiger partial charge is 0.281 e. The van der Waals surface area contributed by atoms with Crippen LogP contribution in [0.5, 0.6) is 0 Å². The van der Waals surface area contributed by atoms with E-state index in [1.54, 1.807) is 11.8 Å². The predicted octanol–water partition coefficient (Wildman–Crippen LogP) is 2.27. The van der Waals surface area contributed by atoms with Crippen molar-refractivity contribution in [2.45, 2.75) is 17.0 Å². The number of benzene rings is 1. The topological polar surface area (TPSA) is 34.9 Å². The molecule has 2 heterocycles. The van der Waals surface area contributed by atoms with Gasteiger partial charge in [0.1, 0.15) is 0 Å². The molecule has 0 saturated carbocycles. The van der Waals surface area contributed by atoms with E-state index in [0.717, 1.165) is 22.5 Å². The van der Waals surface area contributed by atoms with Gasteiger partial charge in [-0.2, -0.15) is 4.98 Å². The first-order valence-corrected chi connectivity index (χ1v) is 7.02. The molecule has 3 rings (SSSR count). The summed E-state index contributed by atoms with van der Waals surface area (Å²) >= 11 is 5.15. The summed E-state index contributed by atoms with van der Waals surface area (Å²) in [6.07, 6.45) is 0. The second-order valence-electron chi connectivity index (χ2n) is 3.72. The first-order chi connectivity index (χ1) is 7.79. The fourth-order valence-corrected chi connectivity index (χ4v) is 3.56. The van der Waals surface area contributed by atoms with Crippen LogP contribution in [0, 0.1) is 0 Å². The number of thioether (sulfide) groups is 1. The SMILES string of the molecule is O=c1nc2n(c3ccccc13)CC(CBr)S2. The number of para-hydroxylation sites is 1. The maximum Gasteiger partial charge on any atom is 0.281 e. The molecule has 1 aromatic carbocycles. The van der Waals surface area contributed by atoms with Gasteiger partial charge in [0.25, 0.3) is 5.56 Å². The van der Waals surface area contributed by atoms with Crippen molar-refractivity contribution in [1.29, 1.82) is 0 Å². The largest absolute Gasteiger partial charge is 0.319 e. The molecule has 1 aromatic heterocycles. The molecule has 16 heavy (non-hydrogen) atoms. The molecule has 0 saturated heterocycles. The van der Waals surface area contributed by atoms with E-state index in [4.69, 9.17) is 0 Å². The van der Waals surface area contributed by atoms with Crippen LogP contribution < -0.4 is 5.56 Å². The Morgan fingerprint density at radius 3 is 3.12 bits per heavy atom. The molecule has 0 bridgehead atoms. The Labute approximate surface area is 105 Å². The van der Waals surface area contributed by atoms with Crippen molar-refractivity contribution in [3.05, 3.63) is 34.6 Å². The molecule has 0 radical (unpaired) electrons. The Hall–Kier alpha value is -0.810. The van der Waals surface area contributed by atoms with Gasteiger partial charge in [-0.1, -0.05) is 39.8 Å². The lowest BCUT2D eigenvalue weighted by Crippen LogP contribution is -2.13. The summed E-state index contributed by atoms with van der Waals surface area (Å²) in [6, 6.07) is 7.66. The van der Waals surface area contributed by atoms with Gasteiger partial charge in [0, 0.05) is 17.1 Å². The minimum Gasteiger partial charge on any atom is -0.319 e. The lowest BCUT2D eigenvalue weighted by atomic mass is 10.2. The van der Waals surface area contributed by atoms with Crippen LogP contribution >= 0.6 is 27.7 Å². The third-order valence-corrected chi connectivity index (χ3v) is 5.07. The molecule has 0 fully saturated rings. The van der Waals surface area contributed by atoms with Crippen molar-refractivity contribution in [3.63, 3.8) is 0 Å². The van der Waals surface area contributed by atoms with Gasteiger partial charge in [-0.05, 0) is 12.1 Å². The van der Waals surface area contributed by atoms with Crippen molar-refractivity contribution in [3.8, 4) is 0 Å². The highest BCUT2D eigenvalue weighted by Gasteiger charge is 2.24. The fraction of sp³-hybridized carbons (Fsp3) is 0.273. The van der Waals surface area contributed by atoms with Gasteiger partial charge in [0.2, 0.25) is 0 Å². The number of rotatable bonds is 1. The zero-order valence-corrected chi connectivity index (χ0v) is 10.8. The highest BCUT2D eigenvalue weighted by molar-refractivity contribution is 9.09. The second kappa shape index (κ2) is 3.89. The fourth-order valence-electron chi connectivity index (χ4n) is 1.94. The number of fused-ring (bicyclic) bond motifs is 3. The van der Waals surface area contributed by atoms with E-state index in [2.05, 4.69) is 25.5 Å². The summed E-state index contributed by atoms with van der Waals surface area (Å²) in [6.45, 7) is 0.916. The Balaban J connectivity index is 2.30. The molecule has 3 nitrogen and oxygen atoms in total. The lowest BCUT2D eigenvalue weighted by Gasteiger charge is -2.06. The van der Waals surface area contributed by atoms with Gasteiger partial charge in [-0.25, -0.2) is 0 Å². The van der Waals surface area contributed by atoms with Crippen LogP contribution in [0.1, 0.15) is 0 Å². The third kappa shape index (κ3) is 1.50. The highest BCUT2D eigenvalue weighted by atomic mass is 79.9. The van der Waals surface area contributed by atoms with Crippen molar-refractivity contribution >= 4 is 38.6 Å². The van der Waals surface area contributed by atoms with E-state index >= 15 is 0 Å². The number of hydrogen-bond donors (Lipinski definition) is 0. The van der Waals surface area contributed by atoms with Crippen LogP contribution in [0.2, 0.25) is 0 Å². The highest BCUT2D eigenvalue weighted by Crippen LogP contribution is 2.32. The number of halogens is 1. The molecule has 1 unspecified atom stereocenters. The molecule has 1 atom stereocenters. The monoisotopic (exact) mass is 296 g/mol. The molecule has 0 N–H and O–H groups in total. The van der Waals surface area contributed by atoms with Crippen molar-refractivity contribution in [2.75, 3.05) is 5.33 Å². The predicted molar refractivity (Wildman–Crippen MR) is 69.4 cm³/mol. The van der Waals surface area contributed by atoms with Gasteiger partial charge >= 0.3 is 0 Å². The lowest BCUT2D eigenvalue weighted by molar-refractivity contribution is 0.669. The molecule has 2 aromatic rings. The summed E-state index contributed by atoms with van der Waals surface area (Å²) in [5, 5.41) is 2.94. The summed E-state index contributed by atoms with van der Waals surface area (Å²) in [4.78, 5) is 15.9. The molecule has 0 spiro atoms. The van der Waals surface area contributed by atoms with Crippen LogP contribution in [0.3, 0.4) is 0 Å². The van der Waals surface area contributed by atoms with E-state index in [1.165, 1.54) is 0 Å². The van der Waals surface area contributed by atoms with Gasteiger partial charge < -0.3 is 4.57 Å². The average molecular weight is 297 g/mol. The van der Waals surface area contributed by atoms with E-state index in [-0.39, 0.29) is 5.56 Å². The third-order valence-electron chi connectivity index (χ3n) is 2.68. The average Bonchev–Trinajstić information content (AvgIpc) is 2.72. The number of nitrogens with zero attached hydrogens (tertiary/aromatic N) is 2. The van der Waals surface area contributed by atoms with Gasteiger partial charge in [-0.15, -0.1) is 0 Å². The molecule has 82 valence electrons. The first-order valence-electron chi connectivity index (χ1n) is 5.02. The zero-order valence-electron chi connectivity index (χ0n) is 8.39. The molecule has 1 aliphatic rings. The normalized spacial score (nSPS) is 18.9. The number of alkyl halides is 1. The molecule has 5 heteroatoms. The maximum atomic E-state index is 11.8. The minimum absolute atomic E-state index is 0.121. The Morgan fingerprint density at radius 2 is 2.31 bits per heavy atom. The van der Waals surface area contributed by atoms with E-state index in [0.29, 0.717) is 10.6 Å². The van der Waals surface area contributed by atoms with E-state index < -0.39 is 0 Å². The van der Waals surface area contributed by atoms with Crippen molar-refractivity contribution < 1.29 is 0 Å². The standard InChI is InChI=1S/C11H9BrN2OS/c12-5-7-6-14-9-4-2-1-3-8(9)10(15)13-11(14)16-7/h1-4,7H,5-6H2. The van der Waals surface area contributed by atoms with Gasteiger partial charge in [0.15, 0.2) is 5.16 Å². The quantitative estimate of drug-likeness (QED) is 0.598. The molecular weight excluding hydrogens is 288 g/mol. The van der Waals surface area contributed by atoms with Crippen LogP contribution in [-0.2, 0) is 6.54 Å². The molecule has 0 amide bonds. The summed E-state index contributed by atoms with van der Waals surface area (Å²) in [7, 11) is 0. The van der Waals surface area contributed by atoms with Gasteiger partial charge in [0.05, 0.1) is 10.9 Å². The summed E-state index contributed by atoms with van der Waals surface area (Å²) in [5.41, 5.74) is 0.873. The second-order valence-corrected chi connectivity index (χ2v) is 5.64. The molecular formula is C11H9BrN2OS. The summed E-state index contributed by atoms with van der Waals surface area (Å²) < 4.78 is 2.13. The Bertz CT molecular complexity index is 610. The van der Waals surface area contributed by atoms with Gasteiger partial charge in [-0.3, -0.25) is 4.79 Å². The number of hydrogen-bond acceptors (Lipinski definition) is 3. The minimum atomic E-state index is -0.121. The first kappa shape index (κ1) is 10.4. The van der Waals surface area contributed by atoms with Crippen molar-refractivity contribution in [2.24, 2.45) is 0 Å². The number of aromatic nitrogens is 2. The molecule has 1 aliphatic heterocycles. The maximum absolute atomic E-state index is 11.8. The summed E-state index contributed by atoms with van der Waals surface area (Å²) in [5.74, 6) is 0. The van der Waals surface area contributed by atoms with Crippen LogP contribution in [0.15, 0.2) is 34.2 Å². The van der Waals surface area contributed by atoms with Crippen molar-refractivity contribution in [1.82, 2.24) is 9.55 Å².